The molecule has 0 bridgehead atoms. The van der Waals surface area contributed by atoms with Crippen LogP contribution in [0, 0.1) is 46.3 Å². The van der Waals surface area contributed by atoms with Gasteiger partial charge in [-0.1, -0.05) is 20.8 Å². The predicted octanol–water partition coefficient (Wildman–Crippen LogP) is 4.07. The summed E-state index contributed by atoms with van der Waals surface area (Å²) in [4.78, 5) is 12.2. The number of hydrogen-bond donors (Lipinski definition) is 3. The van der Waals surface area contributed by atoms with E-state index >= 15 is 0 Å². The van der Waals surface area contributed by atoms with Gasteiger partial charge in [-0.3, -0.25) is 13.9 Å². The molecule has 0 aromatic heterocycles. The van der Waals surface area contributed by atoms with Crippen molar-refractivity contribution in [1.29, 1.82) is 0 Å². The van der Waals surface area contributed by atoms with E-state index in [0.29, 0.717) is 42.9 Å². The lowest BCUT2D eigenvalue weighted by atomic mass is 9.43. The van der Waals surface area contributed by atoms with Crippen molar-refractivity contribution in [3.63, 3.8) is 0 Å². The van der Waals surface area contributed by atoms with Crippen LogP contribution in [-0.4, -0.2) is 54.8 Å². The van der Waals surface area contributed by atoms with Crippen LogP contribution in [-0.2, 0) is 29.5 Å². The fraction of sp³-hybridized carbons (Fsp3) is 0.962. The van der Waals surface area contributed by atoms with Crippen molar-refractivity contribution in [2.45, 2.75) is 104 Å². The first-order valence-corrected chi connectivity index (χ1v) is 16.8. The Hall–Kier alpha value is -0.590. The quantitative estimate of drug-likeness (QED) is 0.351. The summed E-state index contributed by atoms with van der Waals surface area (Å²) in [5.41, 5.74) is -0.222. The molecule has 0 aromatic carbocycles. The third-order valence-corrected chi connectivity index (χ3v) is 12.5. The summed E-state index contributed by atoms with van der Waals surface area (Å²) in [5, 5.41) is 11.7. The average molecular weight is 565 g/mol. The van der Waals surface area contributed by atoms with Gasteiger partial charge in [0.25, 0.3) is 10.1 Å². The fourth-order valence-corrected chi connectivity index (χ4v) is 10.4. The molecule has 9 nitrogen and oxygen atoms in total. The molecule has 4 aliphatic rings. The highest BCUT2D eigenvalue weighted by Gasteiger charge is 2.63. The molecular formula is C26H44O9S2. The standard InChI is InChI=1S/C26H44O9S2/c1-16(4-6-18(27)11-13-36(29,30)31)21-8-9-22-20-7-5-17-14-19(35-37(32,33)34)10-12-25(17,2)23(20)15-24(28)26(21,22)3/h16-17,19-24,28H,4-15H2,1-3H3,(H,29,30,31)(H,32,33,34)/t16-,17-,19+,20+,21-,22+,23+,24+,25+,26-/m1/s1. The fourth-order valence-electron chi connectivity index (χ4n) is 9.36. The summed E-state index contributed by atoms with van der Waals surface area (Å²) in [5.74, 6) is 1.37. The lowest BCUT2D eigenvalue weighted by Crippen LogP contribution is -2.59. The molecule has 0 saturated heterocycles. The van der Waals surface area contributed by atoms with Crippen LogP contribution in [0.4, 0.5) is 0 Å². The minimum atomic E-state index is -4.47. The molecule has 0 spiro atoms. The highest BCUT2D eigenvalue weighted by atomic mass is 32.3. The predicted molar refractivity (Wildman–Crippen MR) is 137 cm³/mol. The van der Waals surface area contributed by atoms with Crippen molar-refractivity contribution in [3.05, 3.63) is 0 Å². The Morgan fingerprint density at radius 2 is 1.68 bits per heavy atom. The third kappa shape index (κ3) is 5.96. The number of aliphatic hydroxyl groups excluding tert-OH is 1. The van der Waals surface area contributed by atoms with Gasteiger partial charge in [0.2, 0.25) is 0 Å². The summed E-state index contributed by atoms with van der Waals surface area (Å²) in [6, 6.07) is 0. The number of rotatable bonds is 9. The van der Waals surface area contributed by atoms with Gasteiger partial charge in [0.15, 0.2) is 0 Å². The number of Topliss-reactive ketones (excluding diaryl/α,β-unsaturated/α-hetero) is 1. The van der Waals surface area contributed by atoms with E-state index < -0.39 is 38.5 Å². The van der Waals surface area contributed by atoms with Gasteiger partial charge in [0, 0.05) is 12.8 Å². The first kappa shape index (κ1) is 29.4. The van der Waals surface area contributed by atoms with Crippen LogP contribution < -0.4 is 0 Å². The SMILES string of the molecule is C[C@H](CCC(=O)CCS(=O)(=O)O)[C@H]1CC[C@H]2[C@@H]3CC[C@@H]4C[C@@H](OS(=O)(=O)O)CC[C@]4(C)[C@H]3C[C@H](O)[C@]12C. The molecule has 10 atom stereocenters. The number of carbonyl (C=O) groups excluding carboxylic acids is 1. The summed E-state index contributed by atoms with van der Waals surface area (Å²) in [6.45, 7) is 6.68. The van der Waals surface area contributed by atoms with Crippen molar-refractivity contribution in [3.8, 4) is 0 Å². The maximum atomic E-state index is 12.2. The largest absolute Gasteiger partial charge is 0.397 e. The molecule has 0 amide bonds. The molecule has 4 rings (SSSR count). The zero-order valence-electron chi connectivity index (χ0n) is 22.2. The van der Waals surface area contributed by atoms with Crippen molar-refractivity contribution in [2.75, 3.05) is 5.75 Å². The molecule has 0 unspecified atom stereocenters. The summed E-state index contributed by atoms with van der Waals surface area (Å²) in [6.07, 6.45) is 6.66. The van der Waals surface area contributed by atoms with Crippen molar-refractivity contribution in [1.82, 2.24) is 0 Å². The topological polar surface area (TPSA) is 155 Å². The Balaban J connectivity index is 1.43. The number of hydrogen-bond acceptors (Lipinski definition) is 7. The van der Waals surface area contributed by atoms with Gasteiger partial charge in [-0.2, -0.15) is 16.8 Å². The first-order chi connectivity index (χ1) is 17.0. The van der Waals surface area contributed by atoms with Gasteiger partial charge in [0.1, 0.15) is 5.78 Å². The van der Waals surface area contributed by atoms with E-state index in [-0.39, 0.29) is 41.3 Å². The van der Waals surface area contributed by atoms with Gasteiger partial charge in [-0.05, 0) is 104 Å². The summed E-state index contributed by atoms with van der Waals surface area (Å²) >= 11 is 0. The van der Waals surface area contributed by atoms with E-state index in [2.05, 4.69) is 20.8 Å². The number of fused-ring (bicyclic) bond motifs is 5. The zero-order valence-corrected chi connectivity index (χ0v) is 23.8. The lowest BCUT2D eigenvalue weighted by Gasteiger charge is -2.62. The summed E-state index contributed by atoms with van der Waals surface area (Å²) in [7, 11) is -8.61. The van der Waals surface area contributed by atoms with Crippen LogP contribution in [0.2, 0.25) is 0 Å². The molecule has 0 heterocycles. The van der Waals surface area contributed by atoms with E-state index in [1.807, 2.05) is 0 Å². The van der Waals surface area contributed by atoms with Crippen LogP contribution in [0.5, 0.6) is 0 Å². The van der Waals surface area contributed by atoms with Crippen LogP contribution >= 0.6 is 0 Å². The molecule has 3 N–H and O–H groups in total. The van der Waals surface area contributed by atoms with E-state index in [1.165, 1.54) is 0 Å². The molecule has 4 fully saturated rings. The maximum absolute atomic E-state index is 12.2. The molecular weight excluding hydrogens is 520 g/mol. The molecule has 4 saturated carbocycles. The van der Waals surface area contributed by atoms with E-state index in [4.69, 9.17) is 13.3 Å². The van der Waals surface area contributed by atoms with Crippen LogP contribution in [0.15, 0.2) is 0 Å². The lowest BCUT2D eigenvalue weighted by molar-refractivity contribution is -0.173. The molecule has 0 aliphatic heterocycles. The third-order valence-electron chi connectivity index (χ3n) is 11.3. The Morgan fingerprint density at radius 3 is 2.32 bits per heavy atom. The Labute approximate surface area is 221 Å². The smallest absolute Gasteiger partial charge is 0.393 e. The van der Waals surface area contributed by atoms with Crippen molar-refractivity contribution >= 4 is 26.3 Å². The minimum absolute atomic E-state index is 0.00741. The second-order valence-electron chi connectivity index (χ2n) is 13.0. The van der Waals surface area contributed by atoms with Crippen LogP contribution in [0.3, 0.4) is 0 Å². The molecule has 0 aromatic rings. The average Bonchev–Trinajstić information content (AvgIpc) is 3.14. The molecule has 4 aliphatic carbocycles. The second-order valence-corrected chi connectivity index (χ2v) is 15.6. The van der Waals surface area contributed by atoms with Gasteiger partial charge >= 0.3 is 10.4 Å². The molecule has 214 valence electrons. The highest BCUT2D eigenvalue weighted by molar-refractivity contribution is 7.85. The first-order valence-electron chi connectivity index (χ1n) is 13.8. The van der Waals surface area contributed by atoms with Crippen LogP contribution in [0.1, 0.15) is 91.4 Å². The van der Waals surface area contributed by atoms with Gasteiger partial charge in [-0.15, -0.1) is 0 Å². The Bertz CT molecular complexity index is 1070. The number of ketones is 1. The van der Waals surface area contributed by atoms with Crippen molar-refractivity contribution < 1.29 is 40.0 Å². The molecule has 0 radical (unpaired) electrons. The Kier molecular flexibility index (Phi) is 8.28. The normalized spacial score (nSPS) is 42.9. The van der Waals surface area contributed by atoms with Gasteiger partial charge in [-0.25, -0.2) is 4.18 Å². The van der Waals surface area contributed by atoms with Crippen LogP contribution in [0.25, 0.3) is 0 Å². The monoisotopic (exact) mass is 564 g/mol. The van der Waals surface area contributed by atoms with E-state index in [9.17, 15) is 26.7 Å². The number of aliphatic hydroxyl groups is 1. The minimum Gasteiger partial charge on any atom is -0.393 e. The van der Waals surface area contributed by atoms with E-state index in [0.717, 1.165) is 38.5 Å². The molecule has 37 heavy (non-hydrogen) atoms. The Morgan fingerprint density at radius 1 is 0.973 bits per heavy atom. The number of carbonyl (C=O) groups is 1. The second kappa shape index (κ2) is 10.4. The zero-order chi connectivity index (χ0) is 27.4. The summed E-state index contributed by atoms with van der Waals surface area (Å²) < 4.78 is 67.4. The van der Waals surface area contributed by atoms with E-state index in [1.54, 1.807) is 0 Å². The van der Waals surface area contributed by atoms with Gasteiger partial charge < -0.3 is 5.11 Å². The molecule has 11 heteroatoms. The maximum Gasteiger partial charge on any atom is 0.397 e. The van der Waals surface area contributed by atoms with Crippen molar-refractivity contribution in [2.24, 2.45) is 46.3 Å². The highest BCUT2D eigenvalue weighted by Crippen LogP contribution is 2.68. The van der Waals surface area contributed by atoms with Gasteiger partial charge in [0.05, 0.1) is 18.0 Å².